The standard InChI is InChI=1S/C16H17N3O4S/c1-11-4-7-15(16(20)18-21)19(10-11)24(22,23)13-5-6-14-12(9-13)3-2-8-17-14/h2-6,8-9,15,21H,7,10H2,1H3,(H,18,20)/t15-/m1/s1. The molecule has 2 aromatic rings. The van der Waals surface area contributed by atoms with Crippen LogP contribution < -0.4 is 5.48 Å². The van der Waals surface area contributed by atoms with Crippen LogP contribution in [0.3, 0.4) is 0 Å². The second kappa shape index (κ2) is 6.31. The van der Waals surface area contributed by atoms with Gasteiger partial charge >= 0.3 is 0 Å². The van der Waals surface area contributed by atoms with E-state index in [0.717, 1.165) is 9.88 Å². The van der Waals surface area contributed by atoms with Crippen molar-refractivity contribution in [2.24, 2.45) is 0 Å². The predicted octanol–water partition coefficient (Wildman–Crippen LogP) is 1.45. The maximum Gasteiger partial charge on any atom is 0.262 e. The Kier molecular flexibility index (Phi) is 4.35. The number of aromatic nitrogens is 1. The molecular formula is C16H17N3O4S. The largest absolute Gasteiger partial charge is 0.289 e. The first-order chi connectivity index (χ1) is 11.4. The number of benzene rings is 1. The van der Waals surface area contributed by atoms with E-state index in [4.69, 9.17) is 5.21 Å². The number of hydrogen-bond donors (Lipinski definition) is 2. The second-order valence-corrected chi connectivity index (χ2v) is 7.58. The quantitative estimate of drug-likeness (QED) is 0.497. The Labute approximate surface area is 139 Å². The first kappa shape index (κ1) is 16.6. The summed E-state index contributed by atoms with van der Waals surface area (Å²) in [6.07, 6.45) is 3.65. The fourth-order valence-electron chi connectivity index (χ4n) is 2.77. The van der Waals surface area contributed by atoms with Gasteiger partial charge in [0.25, 0.3) is 5.91 Å². The van der Waals surface area contributed by atoms with Gasteiger partial charge in [-0.2, -0.15) is 4.31 Å². The number of nitrogens with one attached hydrogen (secondary N) is 1. The van der Waals surface area contributed by atoms with Crippen molar-refractivity contribution < 1.29 is 18.4 Å². The zero-order valence-electron chi connectivity index (χ0n) is 13.0. The Morgan fingerprint density at radius 1 is 1.38 bits per heavy atom. The molecule has 1 aliphatic rings. The lowest BCUT2D eigenvalue weighted by molar-refractivity contribution is -0.133. The third kappa shape index (κ3) is 2.91. The first-order valence-corrected chi connectivity index (χ1v) is 8.83. The lowest BCUT2D eigenvalue weighted by Gasteiger charge is -2.32. The van der Waals surface area contributed by atoms with Crippen molar-refractivity contribution >= 4 is 26.8 Å². The maximum absolute atomic E-state index is 13.0. The summed E-state index contributed by atoms with van der Waals surface area (Å²) >= 11 is 0. The molecule has 0 saturated heterocycles. The van der Waals surface area contributed by atoms with E-state index < -0.39 is 22.0 Å². The Bertz CT molecular complexity index is 924. The molecule has 0 unspecified atom stereocenters. The fourth-order valence-corrected chi connectivity index (χ4v) is 4.44. The highest BCUT2D eigenvalue weighted by Gasteiger charge is 2.37. The Morgan fingerprint density at radius 3 is 2.92 bits per heavy atom. The molecule has 1 aliphatic heterocycles. The number of nitrogens with zero attached hydrogens (tertiary/aromatic N) is 2. The van der Waals surface area contributed by atoms with Crippen LogP contribution in [0.25, 0.3) is 10.9 Å². The third-order valence-corrected chi connectivity index (χ3v) is 5.89. The van der Waals surface area contributed by atoms with E-state index >= 15 is 0 Å². The lowest BCUT2D eigenvalue weighted by atomic mass is 10.1. The average molecular weight is 347 g/mol. The van der Waals surface area contributed by atoms with Crippen LogP contribution in [0.2, 0.25) is 0 Å². The monoisotopic (exact) mass is 347 g/mol. The summed E-state index contributed by atoms with van der Waals surface area (Å²) in [5, 5.41) is 9.60. The summed E-state index contributed by atoms with van der Waals surface area (Å²) in [5.74, 6) is -0.746. The highest BCUT2D eigenvalue weighted by Crippen LogP contribution is 2.27. The molecule has 1 atom stereocenters. The second-order valence-electron chi connectivity index (χ2n) is 5.69. The van der Waals surface area contributed by atoms with Gasteiger partial charge in [0.15, 0.2) is 0 Å². The molecule has 0 saturated carbocycles. The fraction of sp³-hybridized carbons (Fsp3) is 0.250. The van der Waals surface area contributed by atoms with Gasteiger partial charge < -0.3 is 0 Å². The van der Waals surface area contributed by atoms with Gasteiger partial charge in [0, 0.05) is 18.1 Å². The summed E-state index contributed by atoms with van der Waals surface area (Å²) in [4.78, 5) is 16.1. The zero-order valence-corrected chi connectivity index (χ0v) is 13.8. The molecule has 1 aromatic heterocycles. The highest BCUT2D eigenvalue weighted by molar-refractivity contribution is 7.89. The minimum Gasteiger partial charge on any atom is -0.289 e. The Morgan fingerprint density at radius 2 is 2.17 bits per heavy atom. The summed E-state index contributed by atoms with van der Waals surface area (Å²) in [5.41, 5.74) is 3.09. The number of rotatable bonds is 3. The van der Waals surface area contributed by atoms with Crippen LogP contribution in [0.15, 0.2) is 53.1 Å². The van der Waals surface area contributed by atoms with Crippen molar-refractivity contribution in [1.29, 1.82) is 0 Å². The smallest absolute Gasteiger partial charge is 0.262 e. The van der Waals surface area contributed by atoms with Crippen LogP contribution in [0.5, 0.6) is 0 Å². The van der Waals surface area contributed by atoms with Gasteiger partial charge in [0.05, 0.1) is 10.4 Å². The van der Waals surface area contributed by atoms with E-state index in [1.165, 1.54) is 6.07 Å². The number of hydrogen-bond acceptors (Lipinski definition) is 5. The van der Waals surface area contributed by atoms with Gasteiger partial charge in [-0.15, -0.1) is 0 Å². The van der Waals surface area contributed by atoms with Crippen molar-refractivity contribution in [3.8, 4) is 0 Å². The van der Waals surface area contributed by atoms with E-state index in [1.807, 2.05) is 0 Å². The van der Waals surface area contributed by atoms with Crippen LogP contribution in [0.1, 0.15) is 13.3 Å². The number of carbonyl (C=O) groups is 1. The molecule has 126 valence electrons. The summed E-state index contributed by atoms with van der Waals surface area (Å²) < 4.78 is 27.2. The number of carbonyl (C=O) groups excluding carboxylic acids is 1. The van der Waals surface area contributed by atoms with Crippen molar-refractivity contribution in [1.82, 2.24) is 14.8 Å². The molecule has 0 fully saturated rings. The predicted molar refractivity (Wildman–Crippen MR) is 87.7 cm³/mol. The molecule has 1 amide bonds. The third-order valence-electron chi connectivity index (χ3n) is 4.04. The van der Waals surface area contributed by atoms with Crippen LogP contribution >= 0.6 is 0 Å². The van der Waals surface area contributed by atoms with E-state index in [2.05, 4.69) is 4.98 Å². The molecule has 2 heterocycles. The SMILES string of the molecule is CC1=CC[C@H](C(=O)NO)N(S(=O)(=O)c2ccc3ncccc3c2)C1. The topological polar surface area (TPSA) is 99.6 Å². The highest BCUT2D eigenvalue weighted by atomic mass is 32.2. The molecular weight excluding hydrogens is 330 g/mol. The number of fused-ring (bicyclic) bond motifs is 1. The van der Waals surface area contributed by atoms with Crippen LogP contribution in [-0.4, -0.2) is 41.4 Å². The number of amides is 1. The van der Waals surface area contributed by atoms with Gasteiger partial charge in [-0.05, 0) is 37.6 Å². The number of sulfonamides is 1. The van der Waals surface area contributed by atoms with Crippen LogP contribution in [0, 0.1) is 0 Å². The van der Waals surface area contributed by atoms with Gasteiger partial charge in [0.1, 0.15) is 6.04 Å². The molecule has 3 rings (SSSR count). The molecule has 7 nitrogen and oxygen atoms in total. The molecule has 2 N–H and O–H groups in total. The molecule has 24 heavy (non-hydrogen) atoms. The minimum atomic E-state index is -3.90. The summed E-state index contributed by atoms with van der Waals surface area (Å²) in [7, 11) is -3.90. The van der Waals surface area contributed by atoms with Gasteiger partial charge in [0.2, 0.25) is 10.0 Å². The van der Waals surface area contributed by atoms with E-state index in [-0.39, 0.29) is 17.9 Å². The zero-order chi connectivity index (χ0) is 17.3. The van der Waals surface area contributed by atoms with Crippen molar-refractivity contribution in [3.63, 3.8) is 0 Å². The summed E-state index contributed by atoms with van der Waals surface area (Å²) in [6, 6.07) is 7.18. The lowest BCUT2D eigenvalue weighted by Crippen LogP contribution is -2.50. The van der Waals surface area contributed by atoms with Gasteiger partial charge in [-0.3, -0.25) is 15.0 Å². The molecule has 8 heteroatoms. The van der Waals surface area contributed by atoms with Gasteiger partial charge in [-0.25, -0.2) is 13.9 Å². The van der Waals surface area contributed by atoms with E-state index in [9.17, 15) is 13.2 Å². The first-order valence-electron chi connectivity index (χ1n) is 7.39. The van der Waals surface area contributed by atoms with Crippen molar-refractivity contribution in [2.75, 3.05) is 6.54 Å². The Hall–Kier alpha value is -2.29. The average Bonchev–Trinajstić information content (AvgIpc) is 2.60. The molecule has 0 bridgehead atoms. The number of hydroxylamine groups is 1. The minimum absolute atomic E-state index is 0.0911. The summed E-state index contributed by atoms with van der Waals surface area (Å²) in [6.45, 7) is 1.91. The number of pyridine rings is 1. The van der Waals surface area contributed by atoms with Crippen molar-refractivity contribution in [2.45, 2.75) is 24.3 Å². The van der Waals surface area contributed by atoms with E-state index in [0.29, 0.717) is 10.9 Å². The molecule has 0 spiro atoms. The molecule has 1 aromatic carbocycles. The maximum atomic E-state index is 13.0. The van der Waals surface area contributed by atoms with Gasteiger partial charge in [-0.1, -0.05) is 17.7 Å². The molecule has 0 radical (unpaired) electrons. The van der Waals surface area contributed by atoms with Crippen molar-refractivity contribution in [3.05, 3.63) is 48.2 Å². The Balaban J connectivity index is 2.06. The molecule has 0 aliphatic carbocycles. The normalized spacial score (nSPS) is 19.1. The van der Waals surface area contributed by atoms with E-state index in [1.54, 1.807) is 48.9 Å². The van der Waals surface area contributed by atoms with Crippen LogP contribution in [-0.2, 0) is 14.8 Å². The van der Waals surface area contributed by atoms with Crippen LogP contribution in [0.4, 0.5) is 0 Å².